The molecule has 3 rings (SSSR count). The van der Waals surface area contributed by atoms with E-state index in [-0.39, 0.29) is 5.97 Å². The van der Waals surface area contributed by atoms with E-state index in [2.05, 4.69) is 15.1 Å². The SMILES string of the molecule is COC(=O)c1cc(CN2CCc3[nH]ncc3C2)oc1C. The van der Waals surface area contributed by atoms with Gasteiger partial charge in [-0.15, -0.1) is 0 Å². The second-order valence-electron chi connectivity index (χ2n) is 5.01. The summed E-state index contributed by atoms with van der Waals surface area (Å²) in [6.07, 6.45) is 2.83. The Hall–Kier alpha value is -2.08. The van der Waals surface area contributed by atoms with E-state index in [9.17, 15) is 4.79 Å². The quantitative estimate of drug-likeness (QED) is 0.862. The third-order valence-corrected chi connectivity index (χ3v) is 3.63. The molecule has 2 aromatic heterocycles. The average Bonchev–Trinajstić information content (AvgIpc) is 3.04. The van der Waals surface area contributed by atoms with Gasteiger partial charge in [0.15, 0.2) is 0 Å². The van der Waals surface area contributed by atoms with Crippen molar-refractivity contribution in [3.8, 4) is 0 Å². The number of methoxy groups -OCH3 is 1. The number of aromatic nitrogens is 2. The molecule has 6 heteroatoms. The van der Waals surface area contributed by atoms with Gasteiger partial charge in [-0.05, 0) is 13.0 Å². The summed E-state index contributed by atoms with van der Waals surface area (Å²) in [7, 11) is 1.37. The number of ether oxygens (including phenoxy) is 1. The zero-order valence-corrected chi connectivity index (χ0v) is 11.6. The molecule has 6 nitrogen and oxygen atoms in total. The van der Waals surface area contributed by atoms with Gasteiger partial charge in [-0.2, -0.15) is 5.10 Å². The first-order valence-electron chi connectivity index (χ1n) is 6.58. The Kier molecular flexibility index (Phi) is 3.31. The van der Waals surface area contributed by atoms with E-state index >= 15 is 0 Å². The van der Waals surface area contributed by atoms with Crippen LogP contribution in [0.4, 0.5) is 0 Å². The highest BCUT2D eigenvalue weighted by Crippen LogP contribution is 2.21. The Morgan fingerprint density at radius 1 is 1.60 bits per heavy atom. The lowest BCUT2D eigenvalue weighted by Gasteiger charge is -2.25. The molecular formula is C14H17N3O3. The molecule has 20 heavy (non-hydrogen) atoms. The molecule has 2 aromatic rings. The Bertz CT molecular complexity index is 629. The molecule has 0 spiro atoms. The number of H-pyrrole nitrogens is 1. The fraction of sp³-hybridized carbons (Fsp3) is 0.429. The molecule has 0 saturated carbocycles. The first-order valence-corrected chi connectivity index (χ1v) is 6.58. The second kappa shape index (κ2) is 5.13. The van der Waals surface area contributed by atoms with E-state index in [0.717, 1.165) is 25.3 Å². The summed E-state index contributed by atoms with van der Waals surface area (Å²) in [5, 5.41) is 7.08. The smallest absolute Gasteiger partial charge is 0.341 e. The molecule has 1 aliphatic rings. The number of hydrogen-bond acceptors (Lipinski definition) is 5. The number of fused-ring (bicyclic) bond motifs is 1. The van der Waals surface area contributed by atoms with Crippen LogP contribution in [0.3, 0.4) is 0 Å². The largest absolute Gasteiger partial charge is 0.465 e. The molecule has 1 aliphatic heterocycles. The molecule has 0 aromatic carbocycles. The van der Waals surface area contributed by atoms with Gasteiger partial charge in [-0.3, -0.25) is 10.00 Å². The number of nitrogens with zero attached hydrogens (tertiary/aromatic N) is 2. The highest BCUT2D eigenvalue weighted by molar-refractivity contribution is 5.90. The molecular weight excluding hydrogens is 258 g/mol. The van der Waals surface area contributed by atoms with E-state index in [4.69, 9.17) is 9.15 Å². The van der Waals surface area contributed by atoms with E-state index in [1.807, 2.05) is 6.20 Å². The molecule has 0 bridgehead atoms. The van der Waals surface area contributed by atoms with Crippen LogP contribution in [0.5, 0.6) is 0 Å². The van der Waals surface area contributed by atoms with Crippen molar-refractivity contribution in [2.45, 2.75) is 26.4 Å². The highest BCUT2D eigenvalue weighted by atomic mass is 16.5. The number of hydrogen-bond donors (Lipinski definition) is 1. The zero-order valence-electron chi connectivity index (χ0n) is 11.6. The van der Waals surface area contributed by atoms with Crippen molar-refractivity contribution >= 4 is 5.97 Å². The molecule has 0 amide bonds. The number of carbonyl (C=O) groups is 1. The first kappa shape index (κ1) is 12.9. The predicted molar refractivity (Wildman–Crippen MR) is 71.2 cm³/mol. The molecule has 0 aliphatic carbocycles. The summed E-state index contributed by atoms with van der Waals surface area (Å²) in [4.78, 5) is 13.8. The number of aromatic amines is 1. The maximum Gasteiger partial charge on any atom is 0.341 e. The lowest BCUT2D eigenvalue weighted by Crippen LogP contribution is -2.29. The molecule has 0 radical (unpaired) electrons. The average molecular weight is 275 g/mol. The number of rotatable bonds is 3. The van der Waals surface area contributed by atoms with Gasteiger partial charge < -0.3 is 9.15 Å². The van der Waals surface area contributed by atoms with Crippen LogP contribution in [0.2, 0.25) is 0 Å². The minimum absolute atomic E-state index is 0.353. The standard InChI is InChI=1S/C14H17N3O3/c1-9-12(14(18)19-2)5-11(20-9)8-17-4-3-13-10(7-17)6-15-16-13/h5-6H,3-4,7-8H2,1-2H3,(H,15,16). The third-order valence-electron chi connectivity index (χ3n) is 3.63. The zero-order chi connectivity index (χ0) is 14.1. The van der Waals surface area contributed by atoms with E-state index in [1.165, 1.54) is 18.4 Å². The molecule has 0 unspecified atom stereocenters. The van der Waals surface area contributed by atoms with Crippen LogP contribution in [0.1, 0.15) is 33.1 Å². The van der Waals surface area contributed by atoms with Gasteiger partial charge >= 0.3 is 5.97 Å². The monoisotopic (exact) mass is 275 g/mol. The Balaban J connectivity index is 1.71. The van der Waals surface area contributed by atoms with Crippen LogP contribution in [0, 0.1) is 6.92 Å². The lowest BCUT2D eigenvalue weighted by atomic mass is 10.1. The number of aryl methyl sites for hydroxylation is 1. The van der Waals surface area contributed by atoms with Gasteiger partial charge in [0.1, 0.15) is 17.1 Å². The Morgan fingerprint density at radius 3 is 3.25 bits per heavy atom. The van der Waals surface area contributed by atoms with Gasteiger partial charge in [0.05, 0.1) is 19.9 Å². The van der Waals surface area contributed by atoms with Crippen molar-refractivity contribution in [1.29, 1.82) is 0 Å². The summed E-state index contributed by atoms with van der Waals surface area (Å²) in [5.41, 5.74) is 2.95. The maximum atomic E-state index is 11.6. The molecule has 0 fully saturated rings. The summed E-state index contributed by atoms with van der Waals surface area (Å²) in [6, 6.07) is 1.77. The minimum atomic E-state index is -0.353. The van der Waals surface area contributed by atoms with Gasteiger partial charge in [-0.1, -0.05) is 0 Å². The highest BCUT2D eigenvalue weighted by Gasteiger charge is 2.21. The fourth-order valence-corrected chi connectivity index (χ4v) is 2.57. The van der Waals surface area contributed by atoms with Gasteiger partial charge in [0.2, 0.25) is 0 Å². The van der Waals surface area contributed by atoms with Crippen molar-refractivity contribution in [3.63, 3.8) is 0 Å². The van der Waals surface area contributed by atoms with Crippen LogP contribution < -0.4 is 0 Å². The van der Waals surface area contributed by atoms with Crippen molar-refractivity contribution in [1.82, 2.24) is 15.1 Å². The molecule has 106 valence electrons. The van der Waals surface area contributed by atoms with E-state index in [0.29, 0.717) is 17.9 Å². The summed E-state index contributed by atoms with van der Waals surface area (Å²) >= 11 is 0. The normalized spacial score (nSPS) is 15.1. The first-order chi connectivity index (χ1) is 9.67. The number of nitrogens with one attached hydrogen (secondary N) is 1. The predicted octanol–water partition coefficient (Wildman–Crippen LogP) is 1.66. The van der Waals surface area contributed by atoms with Crippen LogP contribution in [-0.4, -0.2) is 34.7 Å². The third kappa shape index (κ3) is 2.34. The number of esters is 1. The topological polar surface area (TPSA) is 71.4 Å². The molecule has 1 N–H and O–H groups in total. The Labute approximate surface area is 116 Å². The summed E-state index contributed by atoms with van der Waals surface area (Å²) in [5.74, 6) is 1.04. The van der Waals surface area contributed by atoms with E-state index < -0.39 is 0 Å². The summed E-state index contributed by atoms with van der Waals surface area (Å²) < 4.78 is 10.4. The number of furan rings is 1. The van der Waals surface area contributed by atoms with Crippen LogP contribution in [0.15, 0.2) is 16.7 Å². The molecule has 0 saturated heterocycles. The van der Waals surface area contributed by atoms with Crippen molar-refractivity contribution < 1.29 is 13.9 Å². The Morgan fingerprint density at radius 2 is 2.45 bits per heavy atom. The molecule has 0 atom stereocenters. The molecule has 3 heterocycles. The van der Waals surface area contributed by atoms with E-state index in [1.54, 1.807) is 13.0 Å². The van der Waals surface area contributed by atoms with Crippen molar-refractivity contribution in [2.24, 2.45) is 0 Å². The van der Waals surface area contributed by atoms with Crippen molar-refractivity contribution in [3.05, 3.63) is 40.6 Å². The second-order valence-corrected chi connectivity index (χ2v) is 5.01. The van der Waals surface area contributed by atoms with Crippen LogP contribution in [0.25, 0.3) is 0 Å². The van der Waals surface area contributed by atoms with Gasteiger partial charge in [-0.25, -0.2) is 4.79 Å². The van der Waals surface area contributed by atoms with Gasteiger partial charge in [0, 0.05) is 30.8 Å². The minimum Gasteiger partial charge on any atom is -0.465 e. The van der Waals surface area contributed by atoms with Crippen LogP contribution >= 0.6 is 0 Å². The van der Waals surface area contributed by atoms with Crippen molar-refractivity contribution in [2.75, 3.05) is 13.7 Å². The summed E-state index contributed by atoms with van der Waals surface area (Å²) in [6.45, 7) is 4.25. The number of carbonyl (C=O) groups excluding carboxylic acids is 1. The fourth-order valence-electron chi connectivity index (χ4n) is 2.57. The van der Waals surface area contributed by atoms with Gasteiger partial charge in [0.25, 0.3) is 0 Å². The lowest BCUT2D eigenvalue weighted by molar-refractivity contribution is 0.0599. The maximum absolute atomic E-state index is 11.6. The van der Waals surface area contributed by atoms with Crippen LogP contribution in [-0.2, 0) is 24.2 Å².